The lowest BCUT2D eigenvalue weighted by atomic mass is 9.77. The smallest absolute Gasteiger partial charge is 0.0822 e. The Morgan fingerprint density at radius 1 is 0.923 bits per heavy atom. The number of hydrogen-bond acceptors (Lipinski definition) is 2. The van der Waals surface area contributed by atoms with Gasteiger partial charge in [-0.05, 0) is 6.42 Å². The minimum absolute atomic E-state index is 0.198. The highest BCUT2D eigenvalue weighted by Gasteiger charge is 2.72. The van der Waals surface area contributed by atoms with E-state index in [1.54, 1.807) is 12.2 Å². The Bertz CT molecular complexity index is 310. The SMILES string of the molecule is OC1C=CC(O)C23C=CC=CC12C3. The summed E-state index contributed by atoms with van der Waals surface area (Å²) in [6.07, 6.45) is 11.4. The van der Waals surface area contributed by atoms with Crippen LogP contribution in [0.25, 0.3) is 0 Å². The first-order chi connectivity index (χ1) is 6.21. The van der Waals surface area contributed by atoms with Crippen molar-refractivity contribution in [1.82, 2.24) is 0 Å². The summed E-state index contributed by atoms with van der Waals surface area (Å²) in [6.45, 7) is 0. The highest BCUT2D eigenvalue weighted by Crippen LogP contribution is 2.72. The van der Waals surface area contributed by atoms with Crippen LogP contribution >= 0.6 is 0 Å². The molecule has 2 N–H and O–H groups in total. The Balaban J connectivity index is 2.14. The maximum Gasteiger partial charge on any atom is 0.0822 e. The predicted molar refractivity (Wildman–Crippen MR) is 48.9 cm³/mol. The molecule has 0 saturated heterocycles. The normalized spacial score (nSPS) is 55.8. The van der Waals surface area contributed by atoms with Crippen LogP contribution in [0.3, 0.4) is 0 Å². The van der Waals surface area contributed by atoms with Crippen molar-refractivity contribution in [3.63, 3.8) is 0 Å². The summed E-state index contributed by atoms with van der Waals surface area (Å²) in [4.78, 5) is 0. The molecule has 3 aliphatic carbocycles. The van der Waals surface area contributed by atoms with Crippen LogP contribution in [0.1, 0.15) is 6.42 Å². The molecule has 4 unspecified atom stereocenters. The molecule has 13 heavy (non-hydrogen) atoms. The van der Waals surface area contributed by atoms with Crippen LogP contribution in [-0.2, 0) is 0 Å². The monoisotopic (exact) mass is 176 g/mol. The van der Waals surface area contributed by atoms with Gasteiger partial charge in [0.05, 0.1) is 12.2 Å². The highest BCUT2D eigenvalue weighted by molar-refractivity contribution is 5.44. The maximum atomic E-state index is 9.83. The lowest BCUT2D eigenvalue weighted by Gasteiger charge is -2.32. The molecule has 0 aromatic rings. The fraction of sp³-hybridized carbons (Fsp3) is 0.455. The van der Waals surface area contributed by atoms with Crippen LogP contribution in [0.15, 0.2) is 36.5 Å². The van der Waals surface area contributed by atoms with Crippen molar-refractivity contribution in [2.75, 3.05) is 0 Å². The molecule has 0 amide bonds. The number of aliphatic hydroxyl groups excluding tert-OH is 2. The third-order valence-electron chi connectivity index (χ3n) is 3.76. The van der Waals surface area contributed by atoms with Gasteiger partial charge in [0.1, 0.15) is 0 Å². The molecule has 0 radical (unpaired) electrons. The number of rotatable bonds is 0. The Hall–Kier alpha value is -0.860. The zero-order chi connectivity index (χ0) is 9.10. The average Bonchev–Trinajstić information content (AvgIpc) is 2.84. The summed E-state index contributed by atoms with van der Waals surface area (Å²) in [6, 6.07) is 0. The van der Waals surface area contributed by atoms with E-state index in [9.17, 15) is 10.2 Å². The average molecular weight is 176 g/mol. The minimum atomic E-state index is -0.433. The van der Waals surface area contributed by atoms with Crippen LogP contribution in [0, 0.1) is 10.8 Å². The first-order valence-electron chi connectivity index (χ1n) is 4.63. The van der Waals surface area contributed by atoms with Crippen LogP contribution in [0.2, 0.25) is 0 Å². The second kappa shape index (κ2) is 1.97. The summed E-state index contributed by atoms with van der Waals surface area (Å²) < 4.78 is 0. The van der Waals surface area contributed by atoms with Gasteiger partial charge in [0, 0.05) is 10.8 Å². The standard InChI is InChI=1S/C11H12O2/c12-8-3-4-9(13)11-6-2-1-5-10(8,11)7-11/h1-6,8-9,12-13H,7H2. The van der Waals surface area contributed by atoms with Crippen LogP contribution in [-0.4, -0.2) is 22.4 Å². The first kappa shape index (κ1) is 7.54. The molecule has 0 spiro atoms. The summed E-state index contributed by atoms with van der Waals surface area (Å²) in [7, 11) is 0. The predicted octanol–water partition coefficient (Wildman–Crippen LogP) is 0.780. The third kappa shape index (κ3) is 0.640. The maximum absolute atomic E-state index is 9.83. The largest absolute Gasteiger partial charge is 0.388 e. The molecule has 1 fully saturated rings. The van der Waals surface area contributed by atoms with Crippen molar-refractivity contribution in [3.8, 4) is 0 Å². The summed E-state index contributed by atoms with van der Waals surface area (Å²) >= 11 is 0. The quantitative estimate of drug-likeness (QED) is 0.535. The zero-order valence-corrected chi connectivity index (χ0v) is 7.22. The van der Waals surface area contributed by atoms with Gasteiger partial charge in [0.25, 0.3) is 0 Å². The summed E-state index contributed by atoms with van der Waals surface area (Å²) in [5.74, 6) is 0. The molecular weight excluding hydrogens is 164 g/mol. The summed E-state index contributed by atoms with van der Waals surface area (Å²) in [5.41, 5.74) is -0.397. The second-order valence-electron chi connectivity index (χ2n) is 4.25. The van der Waals surface area contributed by atoms with E-state index in [2.05, 4.69) is 0 Å². The molecule has 3 aliphatic rings. The minimum Gasteiger partial charge on any atom is -0.388 e. The molecule has 2 nitrogen and oxygen atoms in total. The van der Waals surface area contributed by atoms with Gasteiger partial charge in [-0.3, -0.25) is 0 Å². The van der Waals surface area contributed by atoms with Gasteiger partial charge in [-0.2, -0.15) is 0 Å². The molecule has 0 aromatic carbocycles. The van der Waals surface area contributed by atoms with E-state index in [1.807, 2.05) is 24.3 Å². The van der Waals surface area contributed by atoms with Crippen LogP contribution in [0.4, 0.5) is 0 Å². The molecule has 68 valence electrons. The fourth-order valence-electron chi connectivity index (χ4n) is 2.83. The Kier molecular flexibility index (Phi) is 1.14. The lowest BCUT2D eigenvalue weighted by Crippen LogP contribution is -2.36. The Morgan fingerprint density at radius 2 is 1.38 bits per heavy atom. The summed E-state index contributed by atoms with van der Waals surface area (Å²) in [5, 5.41) is 19.7. The molecule has 0 aliphatic heterocycles. The molecule has 1 saturated carbocycles. The molecule has 2 heteroatoms. The number of hydrogen-bond donors (Lipinski definition) is 2. The topological polar surface area (TPSA) is 40.5 Å². The van der Waals surface area contributed by atoms with Crippen LogP contribution in [0.5, 0.6) is 0 Å². The van der Waals surface area contributed by atoms with Gasteiger partial charge in [-0.1, -0.05) is 36.5 Å². The molecule has 0 heterocycles. The van der Waals surface area contributed by atoms with E-state index in [0.29, 0.717) is 0 Å². The van der Waals surface area contributed by atoms with E-state index in [4.69, 9.17) is 0 Å². The fourth-order valence-corrected chi connectivity index (χ4v) is 2.83. The molecule has 0 bridgehead atoms. The van der Waals surface area contributed by atoms with Crippen molar-refractivity contribution < 1.29 is 10.2 Å². The Labute approximate surface area is 76.9 Å². The van der Waals surface area contributed by atoms with Crippen molar-refractivity contribution in [3.05, 3.63) is 36.5 Å². The highest BCUT2D eigenvalue weighted by atomic mass is 16.3. The van der Waals surface area contributed by atoms with Gasteiger partial charge >= 0.3 is 0 Å². The second-order valence-corrected chi connectivity index (χ2v) is 4.25. The van der Waals surface area contributed by atoms with Crippen molar-refractivity contribution in [1.29, 1.82) is 0 Å². The van der Waals surface area contributed by atoms with E-state index in [-0.39, 0.29) is 10.8 Å². The van der Waals surface area contributed by atoms with Crippen molar-refractivity contribution in [2.24, 2.45) is 10.8 Å². The van der Waals surface area contributed by atoms with E-state index < -0.39 is 12.2 Å². The van der Waals surface area contributed by atoms with Crippen LogP contribution < -0.4 is 0 Å². The van der Waals surface area contributed by atoms with Gasteiger partial charge in [-0.15, -0.1) is 0 Å². The first-order valence-corrected chi connectivity index (χ1v) is 4.63. The van der Waals surface area contributed by atoms with Gasteiger partial charge in [-0.25, -0.2) is 0 Å². The molecule has 0 aromatic heterocycles. The van der Waals surface area contributed by atoms with Crippen molar-refractivity contribution >= 4 is 0 Å². The van der Waals surface area contributed by atoms with E-state index in [1.165, 1.54) is 0 Å². The zero-order valence-electron chi connectivity index (χ0n) is 7.22. The van der Waals surface area contributed by atoms with Crippen molar-refractivity contribution in [2.45, 2.75) is 18.6 Å². The van der Waals surface area contributed by atoms with E-state index in [0.717, 1.165) is 6.42 Å². The van der Waals surface area contributed by atoms with Gasteiger partial charge in [0.2, 0.25) is 0 Å². The van der Waals surface area contributed by atoms with Gasteiger partial charge < -0.3 is 10.2 Å². The van der Waals surface area contributed by atoms with E-state index >= 15 is 0 Å². The third-order valence-corrected chi connectivity index (χ3v) is 3.76. The molecular formula is C11H12O2. The lowest BCUT2D eigenvalue weighted by molar-refractivity contribution is 0.0760. The Morgan fingerprint density at radius 3 is 1.85 bits per heavy atom. The molecule has 3 rings (SSSR count). The van der Waals surface area contributed by atoms with Gasteiger partial charge in [0.15, 0.2) is 0 Å². The number of aliphatic hydroxyl groups is 2. The molecule has 4 atom stereocenters. The number of allylic oxidation sites excluding steroid dienone is 2.